The number of hydrogen-bond acceptors (Lipinski definition) is 4. The van der Waals surface area contributed by atoms with Gasteiger partial charge in [0, 0.05) is 38.6 Å². The van der Waals surface area contributed by atoms with Crippen LogP contribution >= 0.6 is 0 Å². The molecular formula is C12H23N5. The molecule has 0 radical (unpaired) electrons. The molecule has 1 unspecified atom stereocenters. The van der Waals surface area contributed by atoms with Crippen molar-refractivity contribution in [3.8, 4) is 0 Å². The summed E-state index contributed by atoms with van der Waals surface area (Å²) in [5, 5.41) is 11.6. The summed E-state index contributed by atoms with van der Waals surface area (Å²) in [5.74, 6) is 1.07. The van der Waals surface area contributed by atoms with Crippen molar-refractivity contribution in [3.05, 3.63) is 12.2 Å². The predicted molar refractivity (Wildman–Crippen MR) is 67.8 cm³/mol. The second-order valence-electron chi connectivity index (χ2n) is 5.22. The van der Waals surface area contributed by atoms with Crippen LogP contribution in [0.4, 0.5) is 0 Å². The second kappa shape index (κ2) is 5.60. The predicted octanol–water partition coefficient (Wildman–Crippen LogP) is 0.430. The van der Waals surface area contributed by atoms with Crippen molar-refractivity contribution < 1.29 is 0 Å². The number of nitrogens with zero attached hydrogens (tertiary/aromatic N) is 4. The summed E-state index contributed by atoms with van der Waals surface area (Å²) in [6.45, 7) is 7.87. The number of hydrogen-bond donors (Lipinski definition) is 1. The number of aryl methyl sites for hydroxylation is 1. The van der Waals surface area contributed by atoms with Crippen molar-refractivity contribution >= 4 is 0 Å². The standard InChI is InChI=1S/C12H23N5/c1-10(2)14-11-4-6-17(8-11)7-5-12-15-13-9-16(12)3/h9-11,14H,4-8H2,1-3H3. The molecule has 0 spiro atoms. The maximum absolute atomic E-state index is 4.11. The maximum Gasteiger partial charge on any atom is 0.133 e. The van der Waals surface area contributed by atoms with Crippen molar-refractivity contribution in [1.82, 2.24) is 25.0 Å². The molecule has 0 saturated carbocycles. The summed E-state index contributed by atoms with van der Waals surface area (Å²) in [5.41, 5.74) is 0. The monoisotopic (exact) mass is 237 g/mol. The van der Waals surface area contributed by atoms with E-state index in [0.29, 0.717) is 12.1 Å². The Balaban J connectivity index is 1.73. The summed E-state index contributed by atoms with van der Waals surface area (Å²) in [6.07, 6.45) is 4.02. The zero-order valence-corrected chi connectivity index (χ0v) is 11.1. The van der Waals surface area contributed by atoms with E-state index in [9.17, 15) is 0 Å². The molecule has 2 rings (SSSR count). The molecule has 0 aromatic carbocycles. The van der Waals surface area contributed by atoms with Crippen molar-refractivity contribution in [2.75, 3.05) is 19.6 Å². The summed E-state index contributed by atoms with van der Waals surface area (Å²) in [6, 6.07) is 1.24. The molecule has 1 N–H and O–H groups in total. The van der Waals surface area contributed by atoms with Gasteiger partial charge in [0.25, 0.3) is 0 Å². The third kappa shape index (κ3) is 3.51. The number of likely N-dealkylation sites (tertiary alicyclic amines) is 1. The minimum Gasteiger partial charge on any atom is -0.321 e. The third-order valence-electron chi connectivity index (χ3n) is 3.30. The lowest BCUT2D eigenvalue weighted by atomic mass is 10.2. The molecule has 0 bridgehead atoms. The fraction of sp³-hybridized carbons (Fsp3) is 0.833. The Morgan fingerprint density at radius 2 is 2.35 bits per heavy atom. The topological polar surface area (TPSA) is 46.0 Å². The summed E-state index contributed by atoms with van der Waals surface area (Å²) in [7, 11) is 2.00. The molecule has 1 saturated heterocycles. The number of nitrogens with one attached hydrogen (secondary N) is 1. The Labute approximate surface area is 103 Å². The van der Waals surface area contributed by atoms with Crippen molar-refractivity contribution in [2.45, 2.75) is 38.8 Å². The zero-order valence-electron chi connectivity index (χ0n) is 11.1. The quantitative estimate of drug-likeness (QED) is 0.807. The lowest BCUT2D eigenvalue weighted by molar-refractivity contribution is 0.325. The summed E-state index contributed by atoms with van der Waals surface area (Å²) in [4.78, 5) is 2.51. The minimum atomic E-state index is 0.582. The van der Waals surface area contributed by atoms with Crippen LogP contribution in [0.5, 0.6) is 0 Å². The van der Waals surface area contributed by atoms with Gasteiger partial charge in [-0.3, -0.25) is 0 Å². The number of rotatable bonds is 5. The van der Waals surface area contributed by atoms with E-state index in [2.05, 4.69) is 34.3 Å². The lowest BCUT2D eigenvalue weighted by Crippen LogP contribution is -2.37. The van der Waals surface area contributed by atoms with Gasteiger partial charge in [-0.25, -0.2) is 0 Å². The molecule has 1 fully saturated rings. The largest absolute Gasteiger partial charge is 0.321 e. The molecule has 5 nitrogen and oxygen atoms in total. The summed E-state index contributed by atoms with van der Waals surface area (Å²) >= 11 is 0. The first kappa shape index (κ1) is 12.5. The Hall–Kier alpha value is -0.940. The Kier molecular flexibility index (Phi) is 4.12. The van der Waals surface area contributed by atoms with Gasteiger partial charge >= 0.3 is 0 Å². The van der Waals surface area contributed by atoms with Crippen molar-refractivity contribution in [3.63, 3.8) is 0 Å². The fourth-order valence-corrected chi connectivity index (χ4v) is 2.43. The van der Waals surface area contributed by atoms with E-state index < -0.39 is 0 Å². The van der Waals surface area contributed by atoms with E-state index in [1.807, 2.05) is 11.6 Å². The number of aromatic nitrogens is 3. The second-order valence-corrected chi connectivity index (χ2v) is 5.22. The van der Waals surface area contributed by atoms with E-state index in [1.54, 1.807) is 6.33 Å². The molecule has 2 heterocycles. The Morgan fingerprint density at radius 3 is 3.00 bits per heavy atom. The van der Waals surface area contributed by atoms with Crippen LogP contribution < -0.4 is 5.32 Å². The van der Waals surface area contributed by atoms with Crippen LogP contribution in [-0.2, 0) is 13.5 Å². The first-order chi connectivity index (χ1) is 8.15. The molecule has 5 heteroatoms. The molecule has 1 aliphatic heterocycles. The zero-order chi connectivity index (χ0) is 12.3. The van der Waals surface area contributed by atoms with E-state index in [4.69, 9.17) is 0 Å². The van der Waals surface area contributed by atoms with E-state index in [0.717, 1.165) is 25.3 Å². The highest BCUT2D eigenvalue weighted by Crippen LogP contribution is 2.10. The molecular weight excluding hydrogens is 214 g/mol. The molecule has 0 amide bonds. The molecule has 1 aromatic heterocycles. The third-order valence-corrected chi connectivity index (χ3v) is 3.30. The first-order valence-corrected chi connectivity index (χ1v) is 6.46. The first-order valence-electron chi connectivity index (χ1n) is 6.46. The molecule has 1 atom stereocenters. The van der Waals surface area contributed by atoms with Gasteiger partial charge < -0.3 is 14.8 Å². The van der Waals surface area contributed by atoms with Gasteiger partial charge in [-0.1, -0.05) is 13.8 Å². The molecule has 1 aromatic rings. The van der Waals surface area contributed by atoms with Gasteiger partial charge in [0.05, 0.1) is 0 Å². The highest BCUT2D eigenvalue weighted by molar-refractivity contribution is 4.88. The van der Waals surface area contributed by atoms with E-state index in [-0.39, 0.29) is 0 Å². The van der Waals surface area contributed by atoms with Crippen molar-refractivity contribution in [2.24, 2.45) is 7.05 Å². The van der Waals surface area contributed by atoms with Gasteiger partial charge in [-0.05, 0) is 13.0 Å². The van der Waals surface area contributed by atoms with Gasteiger partial charge in [0.2, 0.25) is 0 Å². The van der Waals surface area contributed by atoms with Crippen LogP contribution in [0.25, 0.3) is 0 Å². The Bertz CT molecular complexity index is 346. The average Bonchev–Trinajstić information content (AvgIpc) is 2.84. The maximum atomic E-state index is 4.11. The van der Waals surface area contributed by atoms with Crippen LogP contribution in [0, 0.1) is 0 Å². The van der Waals surface area contributed by atoms with E-state index in [1.165, 1.54) is 13.0 Å². The normalized spacial score (nSPS) is 21.5. The highest BCUT2D eigenvalue weighted by atomic mass is 15.3. The average molecular weight is 237 g/mol. The van der Waals surface area contributed by atoms with Gasteiger partial charge in [0.15, 0.2) is 0 Å². The Morgan fingerprint density at radius 1 is 1.53 bits per heavy atom. The van der Waals surface area contributed by atoms with Gasteiger partial charge in [-0.15, -0.1) is 10.2 Å². The van der Waals surface area contributed by atoms with Crippen LogP contribution in [0.15, 0.2) is 6.33 Å². The molecule has 0 aliphatic carbocycles. The summed E-state index contributed by atoms with van der Waals surface area (Å²) < 4.78 is 2.00. The lowest BCUT2D eigenvalue weighted by Gasteiger charge is -2.18. The molecule has 1 aliphatic rings. The van der Waals surface area contributed by atoms with Crippen LogP contribution in [0.3, 0.4) is 0 Å². The van der Waals surface area contributed by atoms with Crippen LogP contribution in [0.1, 0.15) is 26.1 Å². The van der Waals surface area contributed by atoms with Gasteiger partial charge in [0.1, 0.15) is 12.2 Å². The highest BCUT2D eigenvalue weighted by Gasteiger charge is 2.22. The van der Waals surface area contributed by atoms with Crippen LogP contribution in [0.2, 0.25) is 0 Å². The van der Waals surface area contributed by atoms with Gasteiger partial charge in [-0.2, -0.15) is 0 Å². The SMILES string of the molecule is CC(C)NC1CCN(CCc2nncn2C)C1. The molecule has 96 valence electrons. The fourth-order valence-electron chi connectivity index (χ4n) is 2.43. The smallest absolute Gasteiger partial charge is 0.133 e. The van der Waals surface area contributed by atoms with E-state index >= 15 is 0 Å². The minimum absolute atomic E-state index is 0.582. The van der Waals surface area contributed by atoms with Crippen molar-refractivity contribution in [1.29, 1.82) is 0 Å². The molecule has 17 heavy (non-hydrogen) atoms. The van der Waals surface area contributed by atoms with Crippen LogP contribution in [-0.4, -0.2) is 51.4 Å².